The minimum absolute atomic E-state index is 0.0302. The predicted molar refractivity (Wildman–Crippen MR) is 137 cm³/mol. The Balaban J connectivity index is 2.52. The summed E-state index contributed by atoms with van der Waals surface area (Å²) < 4.78 is 16.5. The van der Waals surface area contributed by atoms with Gasteiger partial charge in [0, 0.05) is 0 Å². The molecule has 0 heterocycles. The third kappa shape index (κ3) is 12.0. The molecule has 0 fully saturated rings. The Kier molecular flexibility index (Phi) is 17.2. The van der Waals surface area contributed by atoms with Crippen molar-refractivity contribution < 1.29 is 23.8 Å². The van der Waals surface area contributed by atoms with Crippen LogP contribution in [0.1, 0.15) is 110 Å². The van der Waals surface area contributed by atoms with E-state index in [4.69, 9.17) is 14.2 Å². The van der Waals surface area contributed by atoms with Gasteiger partial charge in [0.25, 0.3) is 0 Å². The highest BCUT2D eigenvalue weighted by atomic mass is 16.6. The molecule has 34 heavy (non-hydrogen) atoms. The van der Waals surface area contributed by atoms with Crippen LogP contribution in [-0.2, 0) is 30.4 Å². The zero-order chi connectivity index (χ0) is 24.9. The normalized spacial score (nSPS) is 11.4. The lowest BCUT2D eigenvalue weighted by Gasteiger charge is -2.29. The molecule has 0 radical (unpaired) electrons. The maximum atomic E-state index is 13.0. The molecule has 0 spiro atoms. The molecule has 1 aromatic rings. The molecule has 0 aliphatic heterocycles. The van der Waals surface area contributed by atoms with Crippen LogP contribution in [0.4, 0.5) is 0 Å². The van der Waals surface area contributed by atoms with Gasteiger partial charge in [-0.1, -0.05) is 114 Å². The fourth-order valence-electron chi connectivity index (χ4n) is 4.20. The van der Waals surface area contributed by atoms with Crippen molar-refractivity contribution in [2.75, 3.05) is 19.8 Å². The number of hydrogen-bond donors (Lipinski definition) is 0. The predicted octanol–water partition coefficient (Wildman–Crippen LogP) is 7.41. The van der Waals surface area contributed by atoms with E-state index in [9.17, 15) is 9.59 Å². The first-order chi connectivity index (χ1) is 16.6. The molecule has 0 saturated heterocycles. The standard InChI is InChI=1S/C29H48O5/c1-4-7-8-9-10-11-12-13-14-15-16-20-23-29(27(30)33-5-2,28(31)34-6-3)25-32-24-26-21-18-17-19-22-26/h17-19,21-22H,4-16,20,23-25H2,1-3H3. The van der Waals surface area contributed by atoms with Crippen LogP contribution in [0.15, 0.2) is 30.3 Å². The van der Waals surface area contributed by atoms with Gasteiger partial charge >= 0.3 is 11.9 Å². The molecule has 0 saturated carbocycles. The Bertz CT molecular complexity index is 625. The number of benzene rings is 1. The maximum absolute atomic E-state index is 13.0. The second-order valence-corrected chi connectivity index (χ2v) is 9.14. The number of rotatable bonds is 21. The molecule has 1 aromatic carbocycles. The fourth-order valence-corrected chi connectivity index (χ4v) is 4.20. The van der Waals surface area contributed by atoms with Crippen LogP contribution in [0.25, 0.3) is 0 Å². The van der Waals surface area contributed by atoms with Crippen molar-refractivity contribution in [3.05, 3.63) is 35.9 Å². The van der Waals surface area contributed by atoms with Gasteiger partial charge < -0.3 is 14.2 Å². The molecule has 0 aliphatic rings. The number of unbranched alkanes of at least 4 members (excludes halogenated alkanes) is 11. The summed E-state index contributed by atoms with van der Waals surface area (Å²) in [5, 5.41) is 0. The number of carbonyl (C=O) groups is 2. The summed E-state index contributed by atoms with van der Waals surface area (Å²) in [6.45, 7) is 6.50. The Hall–Kier alpha value is -1.88. The summed E-state index contributed by atoms with van der Waals surface area (Å²) in [7, 11) is 0. The molecule has 0 atom stereocenters. The van der Waals surface area contributed by atoms with Crippen LogP contribution in [0.2, 0.25) is 0 Å². The average Bonchev–Trinajstić information content (AvgIpc) is 2.84. The van der Waals surface area contributed by atoms with Crippen molar-refractivity contribution in [1.82, 2.24) is 0 Å². The van der Waals surface area contributed by atoms with Crippen molar-refractivity contribution in [3.63, 3.8) is 0 Å². The van der Waals surface area contributed by atoms with E-state index in [0.717, 1.165) is 24.8 Å². The molecular formula is C29H48O5. The monoisotopic (exact) mass is 476 g/mol. The van der Waals surface area contributed by atoms with Gasteiger partial charge in [0.15, 0.2) is 5.41 Å². The molecule has 0 unspecified atom stereocenters. The molecule has 0 amide bonds. The van der Waals surface area contributed by atoms with Crippen molar-refractivity contribution in [3.8, 4) is 0 Å². The molecule has 5 heteroatoms. The summed E-state index contributed by atoms with van der Waals surface area (Å²) in [6.07, 6.45) is 15.1. The average molecular weight is 477 g/mol. The van der Waals surface area contributed by atoms with E-state index in [0.29, 0.717) is 13.0 Å². The minimum atomic E-state index is -1.40. The molecule has 1 rings (SSSR count). The van der Waals surface area contributed by atoms with E-state index < -0.39 is 17.4 Å². The molecule has 0 aliphatic carbocycles. The van der Waals surface area contributed by atoms with Crippen LogP contribution < -0.4 is 0 Å². The molecular weight excluding hydrogens is 428 g/mol. The van der Waals surface area contributed by atoms with Crippen molar-refractivity contribution in [1.29, 1.82) is 0 Å². The van der Waals surface area contributed by atoms with E-state index in [1.54, 1.807) is 13.8 Å². The first-order valence-electron chi connectivity index (χ1n) is 13.6. The van der Waals surface area contributed by atoms with Gasteiger partial charge in [0.2, 0.25) is 0 Å². The van der Waals surface area contributed by atoms with Gasteiger partial charge in [-0.05, 0) is 25.8 Å². The molecule has 5 nitrogen and oxygen atoms in total. The van der Waals surface area contributed by atoms with Gasteiger partial charge in [0.1, 0.15) is 0 Å². The van der Waals surface area contributed by atoms with Gasteiger partial charge in [-0.2, -0.15) is 0 Å². The zero-order valence-corrected chi connectivity index (χ0v) is 21.9. The maximum Gasteiger partial charge on any atom is 0.325 e. The quantitative estimate of drug-likeness (QED) is 0.105. The fraction of sp³-hybridized carbons (Fsp3) is 0.724. The second kappa shape index (κ2) is 19.4. The minimum Gasteiger partial charge on any atom is -0.465 e. The van der Waals surface area contributed by atoms with E-state index in [-0.39, 0.29) is 19.8 Å². The topological polar surface area (TPSA) is 61.8 Å². The first-order valence-corrected chi connectivity index (χ1v) is 13.6. The Morgan fingerprint density at radius 3 is 1.62 bits per heavy atom. The lowest BCUT2D eigenvalue weighted by molar-refractivity contribution is -0.178. The van der Waals surface area contributed by atoms with E-state index in [2.05, 4.69) is 6.92 Å². The molecule has 194 valence electrons. The van der Waals surface area contributed by atoms with Gasteiger partial charge in [-0.15, -0.1) is 0 Å². The summed E-state index contributed by atoms with van der Waals surface area (Å²) in [5.74, 6) is -1.07. The highest BCUT2D eigenvalue weighted by Crippen LogP contribution is 2.31. The van der Waals surface area contributed by atoms with Crippen LogP contribution >= 0.6 is 0 Å². The largest absolute Gasteiger partial charge is 0.465 e. The third-order valence-electron chi connectivity index (χ3n) is 6.25. The van der Waals surface area contributed by atoms with Crippen LogP contribution in [0.3, 0.4) is 0 Å². The second-order valence-electron chi connectivity index (χ2n) is 9.14. The van der Waals surface area contributed by atoms with Gasteiger partial charge in [0.05, 0.1) is 26.4 Å². The molecule has 0 bridgehead atoms. The van der Waals surface area contributed by atoms with Gasteiger partial charge in [-0.25, -0.2) is 0 Å². The first kappa shape index (κ1) is 30.2. The lowest BCUT2D eigenvalue weighted by atomic mass is 9.83. The SMILES string of the molecule is CCCCCCCCCCCCCCC(COCc1ccccc1)(C(=O)OCC)C(=O)OCC. The molecule has 0 aromatic heterocycles. The summed E-state index contributed by atoms with van der Waals surface area (Å²) >= 11 is 0. The van der Waals surface area contributed by atoms with Gasteiger partial charge in [-0.3, -0.25) is 9.59 Å². The number of carbonyl (C=O) groups excluding carboxylic acids is 2. The lowest BCUT2D eigenvalue weighted by Crippen LogP contribution is -2.46. The Labute approximate surface area is 207 Å². The Morgan fingerprint density at radius 1 is 0.676 bits per heavy atom. The van der Waals surface area contributed by atoms with Crippen molar-refractivity contribution >= 4 is 11.9 Å². The van der Waals surface area contributed by atoms with Crippen LogP contribution in [0.5, 0.6) is 0 Å². The van der Waals surface area contributed by atoms with Crippen molar-refractivity contribution in [2.45, 2.75) is 111 Å². The summed E-state index contributed by atoms with van der Waals surface area (Å²) in [5.41, 5.74) is -0.409. The number of ether oxygens (including phenoxy) is 3. The smallest absolute Gasteiger partial charge is 0.325 e. The van der Waals surface area contributed by atoms with E-state index >= 15 is 0 Å². The third-order valence-corrected chi connectivity index (χ3v) is 6.25. The number of esters is 2. The van der Waals surface area contributed by atoms with Crippen molar-refractivity contribution in [2.24, 2.45) is 5.41 Å². The van der Waals surface area contributed by atoms with Crippen LogP contribution in [-0.4, -0.2) is 31.8 Å². The summed E-state index contributed by atoms with van der Waals surface area (Å²) in [4.78, 5) is 25.9. The van der Waals surface area contributed by atoms with E-state index in [1.165, 1.54) is 57.8 Å². The molecule has 0 N–H and O–H groups in total. The number of hydrogen-bond acceptors (Lipinski definition) is 5. The Morgan fingerprint density at radius 2 is 1.15 bits per heavy atom. The summed E-state index contributed by atoms with van der Waals surface area (Å²) in [6, 6.07) is 9.74. The highest BCUT2D eigenvalue weighted by Gasteiger charge is 2.48. The highest BCUT2D eigenvalue weighted by molar-refractivity contribution is 6.00. The van der Waals surface area contributed by atoms with Crippen LogP contribution in [0, 0.1) is 5.41 Å². The van der Waals surface area contributed by atoms with E-state index in [1.807, 2.05) is 30.3 Å². The zero-order valence-electron chi connectivity index (χ0n) is 21.9.